The van der Waals surface area contributed by atoms with E-state index in [-0.39, 0.29) is 11.1 Å². The fourth-order valence-electron chi connectivity index (χ4n) is 4.28. The molecule has 7 nitrogen and oxygen atoms in total. The molecule has 9 heteroatoms. The fourth-order valence-corrected chi connectivity index (χ4v) is 4.44. The summed E-state index contributed by atoms with van der Waals surface area (Å²) in [6, 6.07) is 13.2. The van der Waals surface area contributed by atoms with Gasteiger partial charge in [-0.3, -0.25) is 4.90 Å². The van der Waals surface area contributed by atoms with Gasteiger partial charge in [0.25, 0.3) is 0 Å². The molecule has 34 heavy (non-hydrogen) atoms. The molecule has 1 N–H and O–H groups in total. The highest BCUT2D eigenvalue weighted by molar-refractivity contribution is 6.28. The van der Waals surface area contributed by atoms with Crippen molar-refractivity contribution in [3.05, 3.63) is 76.5 Å². The van der Waals surface area contributed by atoms with Crippen molar-refractivity contribution in [2.24, 2.45) is 0 Å². The Hall–Kier alpha value is -3.23. The maximum absolute atomic E-state index is 14.8. The lowest BCUT2D eigenvalue weighted by molar-refractivity contribution is 0.325. The Kier molecular flexibility index (Phi) is 6.60. The Labute approximate surface area is 202 Å². The molecule has 0 saturated carbocycles. The number of nitrogens with one attached hydrogen (secondary N) is 1. The SMILES string of the molecule is COc1ccc(CNc2nc(Cl)nc3c2cnn3Cc2ccc(CN3CCCC3)c(F)c2)cc1. The van der Waals surface area contributed by atoms with Crippen LogP contribution in [-0.4, -0.2) is 44.8 Å². The van der Waals surface area contributed by atoms with Crippen LogP contribution in [0.2, 0.25) is 5.28 Å². The summed E-state index contributed by atoms with van der Waals surface area (Å²) in [6.07, 6.45) is 4.08. The number of ether oxygens (including phenoxy) is 1. The second kappa shape index (κ2) is 9.95. The van der Waals surface area contributed by atoms with E-state index in [1.165, 1.54) is 12.8 Å². The molecule has 0 spiro atoms. The van der Waals surface area contributed by atoms with Gasteiger partial charge in [0, 0.05) is 18.7 Å². The summed E-state index contributed by atoms with van der Waals surface area (Å²) in [5, 5.41) is 8.67. The van der Waals surface area contributed by atoms with E-state index in [1.54, 1.807) is 24.1 Å². The van der Waals surface area contributed by atoms with Crippen molar-refractivity contribution >= 4 is 28.5 Å². The Bertz CT molecular complexity index is 1290. The lowest BCUT2D eigenvalue weighted by atomic mass is 10.1. The van der Waals surface area contributed by atoms with Crippen molar-refractivity contribution in [2.75, 3.05) is 25.5 Å². The van der Waals surface area contributed by atoms with Crippen LogP contribution in [0.4, 0.5) is 10.2 Å². The molecular formula is C25H26ClFN6O. The van der Waals surface area contributed by atoms with Crippen LogP contribution in [0, 0.1) is 5.82 Å². The highest BCUT2D eigenvalue weighted by atomic mass is 35.5. The topological polar surface area (TPSA) is 68.1 Å². The summed E-state index contributed by atoms with van der Waals surface area (Å²) in [4.78, 5) is 11.0. The molecule has 0 amide bonds. The van der Waals surface area contributed by atoms with E-state index in [0.717, 1.165) is 40.9 Å². The van der Waals surface area contributed by atoms with Crippen molar-refractivity contribution in [3.63, 3.8) is 0 Å². The summed E-state index contributed by atoms with van der Waals surface area (Å²) >= 11 is 6.22. The second-order valence-corrected chi connectivity index (χ2v) is 8.83. The first kappa shape index (κ1) is 22.6. The Morgan fingerprint density at radius 1 is 1.03 bits per heavy atom. The Balaban J connectivity index is 1.33. The highest BCUT2D eigenvalue weighted by Gasteiger charge is 2.16. The summed E-state index contributed by atoms with van der Waals surface area (Å²) in [5.74, 6) is 1.22. The van der Waals surface area contributed by atoms with E-state index in [4.69, 9.17) is 16.3 Å². The van der Waals surface area contributed by atoms with E-state index < -0.39 is 0 Å². The molecule has 1 fully saturated rings. The number of aromatic nitrogens is 4. The zero-order chi connectivity index (χ0) is 23.5. The van der Waals surface area contributed by atoms with E-state index in [9.17, 15) is 4.39 Å². The van der Waals surface area contributed by atoms with Crippen LogP contribution in [0.15, 0.2) is 48.7 Å². The normalized spacial score (nSPS) is 14.1. The molecule has 3 heterocycles. The van der Waals surface area contributed by atoms with E-state index >= 15 is 0 Å². The lowest BCUT2D eigenvalue weighted by Crippen LogP contribution is -2.19. The monoisotopic (exact) mass is 480 g/mol. The van der Waals surface area contributed by atoms with Crippen LogP contribution >= 0.6 is 11.6 Å². The van der Waals surface area contributed by atoms with Crippen molar-refractivity contribution in [2.45, 2.75) is 32.5 Å². The average Bonchev–Trinajstić information content (AvgIpc) is 3.50. The molecule has 0 atom stereocenters. The van der Waals surface area contributed by atoms with E-state index in [2.05, 4.69) is 25.3 Å². The van der Waals surface area contributed by atoms with Crippen molar-refractivity contribution < 1.29 is 9.13 Å². The smallest absolute Gasteiger partial charge is 0.226 e. The maximum atomic E-state index is 14.8. The van der Waals surface area contributed by atoms with Gasteiger partial charge in [-0.1, -0.05) is 24.3 Å². The highest BCUT2D eigenvalue weighted by Crippen LogP contribution is 2.24. The van der Waals surface area contributed by atoms with E-state index in [0.29, 0.717) is 31.1 Å². The van der Waals surface area contributed by atoms with Crippen LogP contribution in [0.3, 0.4) is 0 Å². The van der Waals surface area contributed by atoms with Crippen molar-refractivity contribution in [3.8, 4) is 5.75 Å². The minimum Gasteiger partial charge on any atom is -0.497 e. The summed E-state index contributed by atoms with van der Waals surface area (Å²) in [6.45, 7) is 3.67. The van der Waals surface area contributed by atoms with Crippen LogP contribution in [0.5, 0.6) is 5.75 Å². The number of anilines is 1. The average molecular weight is 481 g/mol. The predicted molar refractivity (Wildman–Crippen MR) is 131 cm³/mol. The number of likely N-dealkylation sites (tertiary alicyclic amines) is 1. The first-order chi connectivity index (χ1) is 16.6. The number of nitrogens with zero attached hydrogens (tertiary/aromatic N) is 5. The fraction of sp³-hybridized carbons (Fsp3) is 0.320. The third kappa shape index (κ3) is 4.98. The summed E-state index contributed by atoms with van der Waals surface area (Å²) < 4.78 is 21.7. The number of methoxy groups -OCH3 is 1. The third-order valence-corrected chi connectivity index (χ3v) is 6.30. The Morgan fingerprint density at radius 3 is 2.53 bits per heavy atom. The summed E-state index contributed by atoms with van der Waals surface area (Å²) in [7, 11) is 1.64. The molecule has 0 radical (unpaired) electrons. The number of hydrogen-bond acceptors (Lipinski definition) is 6. The van der Waals surface area contributed by atoms with Gasteiger partial charge in [0.2, 0.25) is 5.28 Å². The van der Waals surface area contributed by atoms with Gasteiger partial charge < -0.3 is 10.1 Å². The van der Waals surface area contributed by atoms with Gasteiger partial charge in [0.1, 0.15) is 17.4 Å². The van der Waals surface area contributed by atoms with Crippen molar-refractivity contribution in [1.82, 2.24) is 24.6 Å². The van der Waals surface area contributed by atoms with Gasteiger partial charge in [-0.25, -0.2) is 9.07 Å². The first-order valence-electron chi connectivity index (χ1n) is 11.3. The minimum absolute atomic E-state index is 0.124. The lowest BCUT2D eigenvalue weighted by Gasteiger charge is -2.15. The molecule has 0 aliphatic carbocycles. The molecular weight excluding hydrogens is 455 g/mol. The number of rotatable bonds is 8. The molecule has 1 aliphatic heterocycles. The van der Waals surface area contributed by atoms with Gasteiger partial charge in [0.15, 0.2) is 5.65 Å². The molecule has 1 aliphatic rings. The maximum Gasteiger partial charge on any atom is 0.226 e. The van der Waals surface area contributed by atoms with Crippen LogP contribution in [-0.2, 0) is 19.6 Å². The number of fused-ring (bicyclic) bond motifs is 1. The molecule has 0 unspecified atom stereocenters. The molecule has 0 bridgehead atoms. The molecule has 4 aromatic rings. The first-order valence-corrected chi connectivity index (χ1v) is 11.7. The minimum atomic E-state index is -0.185. The van der Waals surface area contributed by atoms with Gasteiger partial charge >= 0.3 is 0 Å². The van der Waals surface area contributed by atoms with Gasteiger partial charge in [-0.05, 0) is 66.9 Å². The zero-order valence-electron chi connectivity index (χ0n) is 19.0. The number of hydrogen-bond donors (Lipinski definition) is 1. The third-order valence-electron chi connectivity index (χ3n) is 6.13. The van der Waals surface area contributed by atoms with Crippen LogP contribution in [0.1, 0.15) is 29.5 Å². The van der Waals surface area contributed by atoms with Crippen LogP contribution < -0.4 is 10.1 Å². The zero-order valence-corrected chi connectivity index (χ0v) is 19.7. The van der Waals surface area contributed by atoms with Gasteiger partial charge in [-0.2, -0.15) is 15.1 Å². The predicted octanol–water partition coefficient (Wildman–Crippen LogP) is 4.88. The molecule has 2 aromatic carbocycles. The van der Waals surface area contributed by atoms with Gasteiger partial charge in [0.05, 0.1) is 25.2 Å². The molecule has 2 aromatic heterocycles. The molecule has 176 valence electrons. The van der Waals surface area contributed by atoms with Crippen LogP contribution in [0.25, 0.3) is 11.0 Å². The second-order valence-electron chi connectivity index (χ2n) is 8.49. The largest absolute Gasteiger partial charge is 0.497 e. The molecule has 1 saturated heterocycles. The number of benzene rings is 2. The van der Waals surface area contributed by atoms with Gasteiger partial charge in [-0.15, -0.1) is 0 Å². The standard InChI is InChI=1S/C25H26ClFN6O/c1-34-20-8-5-17(6-9-20)13-28-23-21-14-29-33(24(21)31-25(26)30-23)15-18-4-7-19(22(27)12-18)16-32-10-2-3-11-32/h4-9,12,14H,2-3,10-11,13,15-16H2,1H3,(H,28,30,31). The quantitative estimate of drug-likeness (QED) is 0.362. The van der Waals surface area contributed by atoms with Crippen molar-refractivity contribution in [1.29, 1.82) is 0 Å². The number of halogens is 2. The van der Waals surface area contributed by atoms with E-state index in [1.807, 2.05) is 36.4 Å². The Morgan fingerprint density at radius 2 is 1.79 bits per heavy atom. The summed E-state index contributed by atoms with van der Waals surface area (Å²) in [5.41, 5.74) is 3.21. The molecule has 5 rings (SSSR count).